The second-order valence-electron chi connectivity index (χ2n) is 3.68. The van der Waals surface area contributed by atoms with Gasteiger partial charge in [0.2, 0.25) is 0 Å². The summed E-state index contributed by atoms with van der Waals surface area (Å²) in [6, 6.07) is 6.03. The lowest BCUT2D eigenvalue weighted by Gasteiger charge is -2.09. The minimum Gasteiger partial charge on any atom is -0.496 e. The Hall–Kier alpha value is -1.55. The third-order valence-corrected chi connectivity index (χ3v) is 2.55. The van der Waals surface area contributed by atoms with Gasteiger partial charge >= 0.3 is 5.97 Å². The first-order valence-electron chi connectivity index (χ1n) is 5.64. The van der Waals surface area contributed by atoms with Crippen molar-refractivity contribution >= 4 is 5.97 Å². The molecule has 0 spiro atoms. The van der Waals surface area contributed by atoms with Gasteiger partial charge in [-0.15, -0.1) is 0 Å². The van der Waals surface area contributed by atoms with E-state index < -0.39 is 0 Å². The zero-order valence-electron chi connectivity index (χ0n) is 10.6. The molecule has 0 heterocycles. The van der Waals surface area contributed by atoms with Gasteiger partial charge in [0.05, 0.1) is 20.8 Å². The summed E-state index contributed by atoms with van der Waals surface area (Å²) in [6.45, 7) is 2.96. The second kappa shape index (κ2) is 6.91. The van der Waals surface area contributed by atoms with Gasteiger partial charge < -0.3 is 14.8 Å². The lowest BCUT2D eigenvalue weighted by Crippen LogP contribution is -2.23. The number of hydrogen-bond donors (Lipinski definition) is 1. The molecule has 0 saturated carbocycles. The highest BCUT2D eigenvalue weighted by molar-refractivity contribution is 5.71. The highest BCUT2D eigenvalue weighted by Gasteiger charge is 2.03. The molecule has 1 rings (SSSR count). The summed E-state index contributed by atoms with van der Waals surface area (Å²) in [7, 11) is 3.05. The van der Waals surface area contributed by atoms with Crippen LogP contribution >= 0.6 is 0 Å². The molecule has 0 saturated heterocycles. The molecule has 17 heavy (non-hydrogen) atoms. The number of nitrogens with one attached hydrogen (secondary N) is 1. The van der Waals surface area contributed by atoms with Gasteiger partial charge in [0.15, 0.2) is 0 Å². The van der Waals surface area contributed by atoms with E-state index in [1.54, 1.807) is 7.11 Å². The van der Waals surface area contributed by atoms with E-state index >= 15 is 0 Å². The monoisotopic (exact) mass is 237 g/mol. The standard InChI is InChI=1S/C13H19NO3/c1-4-11-7-10(5-6-12(11)16-2)8-14-9-13(15)17-3/h5-7,14H,4,8-9H2,1-3H3. The number of carbonyl (C=O) groups is 1. The molecule has 0 amide bonds. The third-order valence-electron chi connectivity index (χ3n) is 2.55. The highest BCUT2D eigenvalue weighted by atomic mass is 16.5. The van der Waals surface area contributed by atoms with Gasteiger partial charge in [-0.1, -0.05) is 19.1 Å². The number of carbonyl (C=O) groups excluding carboxylic acids is 1. The van der Waals surface area contributed by atoms with E-state index in [1.165, 1.54) is 12.7 Å². The smallest absolute Gasteiger partial charge is 0.319 e. The van der Waals surface area contributed by atoms with Gasteiger partial charge in [0.1, 0.15) is 5.75 Å². The number of methoxy groups -OCH3 is 2. The van der Waals surface area contributed by atoms with E-state index in [4.69, 9.17) is 4.74 Å². The number of esters is 1. The van der Waals surface area contributed by atoms with Crippen LogP contribution in [0.25, 0.3) is 0 Å². The number of benzene rings is 1. The molecular formula is C13H19NO3. The quantitative estimate of drug-likeness (QED) is 0.762. The largest absolute Gasteiger partial charge is 0.496 e. The molecule has 94 valence electrons. The molecule has 0 fully saturated rings. The molecule has 0 aliphatic rings. The Morgan fingerprint density at radius 2 is 2.12 bits per heavy atom. The maximum atomic E-state index is 10.9. The summed E-state index contributed by atoms with van der Waals surface area (Å²) in [6.07, 6.45) is 0.925. The average Bonchev–Trinajstić information content (AvgIpc) is 2.38. The number of ether oxygens (including phenoxy) is 2. The zero-order valence-corrected chi connectivity index (χ0v) is 10.6. The lowest BCUT2D eigenvalue weighted by molar-refractivity contribution is -0.139. The first kappa shape index (κ1) is 13.5. The molecule has 0 unspecified atom stereocenters. The summed E-state index contributed by atoms with van der Waals surface area (Å²) in [5.74, 6) is 0.651. The Bertz CT molecular complexity index is 377. The van der Waals surface area contributed by atoms with Gasteiger partial charge in [0.25, 0.3) is 0 Å². The number of hydrogen-bond acceptors (Lipinski definition) is 4. The van der Waals surface area contributed by atoms with Crippen molar-refractivity contribution in [3.05, 3.63) is 29.3 Å². The van der Waals surface area contributed by atoms with Gasteiger partial charge in [-0.25, -0.2) is 0 Å². The van der Waals surface area contributed by atoms with Crippen molar-refractivity contribution in [1.29, 1.82) is 0 Å². The first-order chi connectivity index (χ1) is 8.21. The number of aryl methyl sites for hydroxylation is 1. The summed E-state index contributed by atoms with van der Waals surface area (Å²) < 4.78 is 9.80. The van der Waals surface area contributed by atoms with Crippen LogP contribution in [-0.4, -0.2) is 26.7 Å². The van der Waals surface area contributed by atoms with Crippen molar-refractivity contribution in [3.8, 4) is 5.75 Å². The van der Waals surface area contributed by atoms with Crippen LogP contribution in [0.2, 0.25) is 0 Å². The molecule has 0 bridgehead atoms. The van der Waals surface area contributed by atoms with Crippen LogP contribution in [-0.2, 0) is 22.5 Å². The maximum Gasteiger partial charge on any atom is 0.319 e. The van der Waals surface area contributed by atoms with Crippen molar-refractivity contribution in [1.82, 2.24) is 5.32 Å². The van der Waals surface area contributed by atoms with Gasteiger partial charge in [-0.05, 0) is 23.6 Å². The molecule has 0 aromatic heterocycles. The first-order valence-corrected chi connectivity index (χ1v) is 5.64. The summed E-state index contributed by atoms with van der Waals surface area (Å²) in [4.78, 5) is 10.9. The fraction of sp³-hybridized carbons (Fsp3) is 0.462. The van der Waals surface area contributed by atoms with Crippen molar-refractivity contribution in [2.45, 2.75) is 19.9 Å². The Morgan fingerprint density at radius 3 is 2.71 bits per heavy atom. The van der Waals surface area contributed by atoms with Crippen LogP contribution in [0.15, 0.2) is 18.2 Å². The predicted molar refractivity (Wildman–Crippen MR) is 66.1 cm³/mol. The van der Waals surface area contributed by atoms with E-state index in [0.717, 1.165) is 17.7 Å². The fourth-order valence-corrected chi connectivity index (χ4v) is 1.60. The van der Waals surface area contributed by atoms with Crippen LogP contribution in [0.4, 0.5) is 0 Å². The molecule has 4 heteroatoms. The summed E-state index contributed by atoms with van der Waals surface area (Å²) in [5, 5.41) is 3.03. The van der Waals surface area contributed by atoms with Gasteiger partial charge in [-0.3, -0.25) is 4.79 Å². The Labute approximate surface area is 102 Å². The third kappa shape index (κ3) is 4.07. The molecule has 0 aliphatic heterocycles. The molecule has 1 aromatic rings. The Balaban J connectivity index is 2.57. The highest BCUT2D eigenvalue weighted by Crippen LogP contribution is 2.20. The van der Waals surface area contributed by atoms with Crippen LogP contribution in [0, 0.1) is 0 Å². The van der Waals surface area contributed by atoms with E-state index in [1.807, 2.05) is 12.1 Å². The topological polar surface area (TPSA) is 47.6 Å². The van der Waals surface area contributed by atoms with Crippen molar-refractivity contribution in [2.24, 2.45) is 0 Å². The minimum atomic E-state index is -0.255. The van der Waals surface area contributed by atoms with Gasteiger partial charge in [-0.2, -0.15) is 0 Å². The van der Waals surface area contributed by atoms with Crippen LogP contribution in [0.3, 0.4) is 0 Å². The maximum absolute atomic E-state index is 10.9. The van der Waals surface area contributed by atoms with Crippen molar-refractivity contribution in [2.75, 3.05) is 20.8 Å². The van der Waals surface area contributed by atoms with Crippen LogP contribution in [0.1, 0.15) is 18.1 Å². The molecule has 1 N–H and O–H groups in total. The Kier molecular flexibility index (Phi) is 5.49. The van der Waals surface area contributed by atoms with E-state index in [2.05, 4.69) is 23.0 Å². The normalized spacial score (nSPS) is 10.1. The molecule has 0 aliphatic carbocycles. The van der Waals surface area contributed by atoms with E-state index in [9.17, 15) is 4.79 Å². The summed E-state index contributed by atoms with van der Waals surface area (Å²) >= 11 is 0. The SMILES string of the molecule is CCc1cc(CNCC(=O)OC)ccc1OC. The van der Waals surface area contributed by atoms with Crippen LogP contribution < -0.4 is 10.1 Å². The molecule has 0 radical (unpaired) electrons. The van der Waals surface area contributed by atoms with Crippen LogP contribution in [0.5, 0.6) is 5.75 Å². The van der Waals surface area contributed by atoms with E-state index in [-0.39, 0.29) is 12.5 Å². The average molecular weight is 237 g/mol. The number of rotatable bonds is 6. The Morgan fingerprint density at radius 1 is 1.35 bits per heavy atom. The van der Waals surface area contributed by atoms with Gasteiger partial charge in [0, 0.05) is 6.54 Å². The lowest BCUT2D eigenvalue weighted by atomic mass is 10.1. The van der Waals surface area contributed by atoms with Crippen molar-refractivity contribution < 1.29 is 14.3 Å². The van der Waals surface area contributed by atoms with Crippen molar-refractivity contribution in [3.63, 3.8) is 0 Å². The molecule has 4 nitrogen and oxygen atoms in total. The zero-order chi connectivity index (χ0) is 12.7. The molecule has 1 aromatic carbocycles. The fourth-order valence-electron chi connectivity index (χ4n) is 1.60. The minimum absolute atomic E-state index is 0.226. The second-order valence-corrected chi connectivity index (χ2v) is 3.68. The molecule has 0 atom stereocenters. The molecular weight excluding hydrogens is 218 g/mol. The predicted octanol–water partition coefficient (Wildman–Crippen LogP) is 1.52. The van der Waals surface area contributed by atoms with E-state index in [0.29, 0.717) is 6.54 Å². The summed E-state index contributed by atoms with van der Waals surface area (Å²) in [5.41, 5.74) is 2.30.